The van der Waals surface area contributed by atoms with Gasteiger partial charge < -0.3 is 11.1 Å². The molecule has 0 aromatic heterocycles. The smallest absolute Gasteiger partial charge is 0.239 e. The molecule has 6 nitrogen and oxygen atoms in total. The van der Waals surface area contributed by atoms with Crippen molar-refractivity contribution in [2.75, 3.05) is 13.6 Å². The lowest BCUT2D eigenvalue weighted by Gasteiger charge is -2.33. The second kappa shape index (κ2) is 4.10. The third kappa shape index (κ3) is 1.93. The summed E-state index contributed by atoms with van der Waals surface area (Å²) < 4.78 is 0. The van der Waals surface area contributed by atoms with Gasteiger partial charge in [-0.1, -0.05) is 0 Å². The quantitative estimate of drug-likeness (QED) is 0.601. The molecule has 0 spiro atoms. The number of hydrogen-bond donors (Lipinski definition) is 2. The van der Waals surface area contributed by atoms with E-state index in [1.54, 1.807) is 7.05 Å². The maximum atomic E-state index is 11.6. The maximum Gasteiger partial charge on any atom is 0.239 e. The minimum absolute atomic E-state index is 0.0706. The van der Waals surface area contributed by atoms with Crippen molar-refractivity contribution in [3.05, 3.63) is 0 Å². The van der Waals surface area contributed by atoms with Crippen LogP contribution in [0.2, 0.25) is 0 Å². The number of nitrogens with two attached hydrogens (primary N) is 1. The minimum atomic E-state index is -0.949. The maximum absolute atomic E-state index is 11.6. The van der Waals surface area contributed by atoms with Crippen LogP contribution >= 0.6 is 0 Å². The number of likely N-dealkylation sites (tertiary alicyclic amines) is 1. The van der Waals surface area contributed by atoms with Crippen LogP contribution in [0, 0.1) is 5.92 Å². The molecule has 3 N–H and O–H groups in total. The molecule has 1 aliphatic carbocycles. The molecule has 2 rings (SSSR count). The van der Waals surface area contributed by atoms with Crippen LogP contribution in [0.25, 0.3) is 0 Å². The van der Waals surface area contributed by atoms with Gasteiger partial charge >= 0.3 is 0 Å². The molecule has 1 unspecified atom stereocenters. The van der Waals surface area contributed by atoms with E-state index in [1.165, 1.54) is 4.90 Å². The third-order valence-corrected chi connectivity index (χ3v) is 3.72. The van der Waals surface area contributed by atoms with E-state index in [1.807, 2.05) is 0 Å². The number of hydrogen-bond acceptors (Lipinski definition) is 4. The Balaban J connectivity index is 2.20. The van der Waals surface area contributed by atoms with E-state index in [2.05, 4.69) is 5.32 Å². The number of carbonyl (C=O) groups is 3. The second-order valence-corrected chi connectivity index (χ2v) is 4.73. The van der Waals surface area contributed by atoms with Crippen molar-refractivity contribution < 1.29 is 14.4 Å². The standard InChI is InChI=1S/C11H17N3O3/c1-13-11(10(12)17,7-2-3-7)6-14-8(15)4-5-9(14)16/h7,13H,2-6H2,1H3,(H2,12,17). The molecule has 0 aromatic rings. The molecule has 2 aliphatic rings. The molecule has 3 amide bonds. The fourth-order valence-corrected chi connectivity index (χ4v) is 2.44. The van der Waals surface area contributed by atoms with Crippen LogP contribution in [-0.2, 0) is 14.4 Å². The molecule has 1 heterocycles. The summed E-state index contributed by atoms with van der Waals surface area (Å²) in [7, 11) is 1.65. The van der Waals surface area contributed by atoms with Gasteiger partial charge in [0.1, 0.15) is 5.54 Å². The van der Waals surface area contributed by atoms with Gasteiger partial charge in [0.15, 0.2) is 0 Å². The highest BCUT2D eigenvalue weighted by Crippen LogP contribution is 2.40. The van der Waals surface area contributed by atoms with Gasteiger partial charge in [-0.15, -0.1) is 0 Å². The van der Waals surface area contributed by atoms with Crippen molar-refractivity contribution in [3.8, 4) is 0 Å². The van der Waals surface area contributed by atoms with Crippen molar-refractivity contribution >= 4 is 17.7 Å². The van der Waals surface area contributed by atoms with Crippen LogP contribution in [-0.4, -0.2) is 41.8 Å². The van der Waals surface area contributed by atoms with E-state index in [0.29, 0.717) is 0 Å². The summed E-state index contributed by atoms with van der Waals surface area (Å²) in [5, 5.41) is 2.92. The van der Waals surface area contributed by atoms with Crippen molar-refractivity contribution in [3.63, 3.8) is 0 Å². The molecular weight excluding hydrogens is 222 g/mol. The molecule has 17 heavy (non-hydrogen) atoms. The third-order valence-electron chi connectivity index (χ3n) is 3.72. The largest absolute Gasteiger partial charge is 0.368 e. The Kier molecular flexibility index (Phi) is 2.91. The zero-order chi connectivity index (χ0) is 12.6. The van der Waals surface area contributed by atoms with Gasteiger partial charge in [0.2, 0.25) is 17.7 Å². The first kappa shape index (κ1) is 12.0. The summed E-state index contributed by atoms with van der Waals surface area (Å²) in [5.74, 6) is -0.783. The number of rotatable bonds is 5. The molecule has 0 aromatic carbocycles. The zero-order valence-electron chi connectivity index (χ0n) is 9.86. The van der Waals surface area contributed by atoms with Crippen molar-refractivity contribution in [1.29, 1.82) is 0 Å². The lowest BCUT2D eigenvalue weighted by atomic mass is 9.91. The van der Waals surface area contributed by atoms with Crippen LogP contribution in [0.3, 0.4) is 0 Å². The average Bonchev–Trinajstić information content (AvgIpc) is 3.07. The normalized spacial score (nSPS) is 23.9. The van der Waals surface area contributed by atoms with Crippen LogP contribution in [0.4, 0.5) is 0 Å². The SMILES string of the molecule is CNC(CN1C(=O)CCC1=O)(C(N)=O)C1CC1. The van der Waals surface area contributed by atoms with Crippen LogP contribution in [0.5, 0.6) is 0 Å². The van der Waals surface area contributed by atoms with Crippen molar-refractivity contribution in [2.24, 2.45) is 11.7 Å². The predicted octanol–water partition coefficient (Wildman–Crippen LogP) is -1.01. The highest BCUT2D eigenvalue weighted by atomic mass is 16.2. The summed E-state index contributed by atoms with van der Waals surface area (Å²) >= 11 is 0. The number of nitrogens with zero attached hydrogens (tertiary/aromatic N) is 1. The fraction of sp³-hybridized carbons (Fsp3) is 0.727. The number of amides is 3. The Hall–Kier alpha value is -1.43. The Labute approximate surface area is 99.5 Å². The fourth-order valence-electron chi connectivity index (χ4n) is 2.44. The average molecular weight is 239 g/mol. The first-order chi connectivity index (χ1) is 8.01. The molecule has 6 heteroatoms. The van der Waals surface area contributed by atoms with E-state index in [9.17, 15) is 14.4 Å². The summed E-state index contributed by atoms with van der Waals surface area (Å²) in [5.41, 5.74) is 4.49. The molecule has 1 saturated carbocycles. The van der Waals surface area contributed by atoms with Crippen molar-refractivity contribution in [2.45, 2.75) is 31.2 Å². The van der Waals surface area contributed by atoms with Gasteiger partial charge in [-0.25, -0.2) is 0 Å². The van der Waals surface area contributed by atoms with Gasteiger partial charge in [0.25, 0.3) is 0 Å². The highest BCUT2D eigenvalue weighted by molar-refractivity contribution is 6.02. The Morgan fingerprint density at radius 3 is 2.29 bits per heavy atom. The molecule has 0 bridgehead atoms. The van der Waals surface area contributed by atoms with E-state index in [4.69, 9.17) is 5.73 Å². The van der Waals surface area contributed by atoms with E-state index >= 15 is 0 Å². The van der Waals surface area contributed by atoms with Gasteiger partial charge in [-0.05, 0) is 25.8 Å². The molecule has 1 atom stereocenters. The monoisotopic (exact) mass is 239 g/mol. The summed E-state index contributed by atoms with van der Waals surface area (Å²) in [6.45, 7) is 0.0706. The highest BCUT2D eigenvalue weighted by Gasteiger charge is 2.51. The first-order valence-electron chi connectivity index (χ1n) is 5.83. The second-order valence-electron chi connectivity index (χ2n) is 4.73. The summed E-state index contributed by atoms with van der Waals surface area (Å²) in [4.78, 5) is 36.0. The lowest BCUT2D eigenvalue weighted by molar-refractivity contribution is -0.141. The Morgan fingerprint density at radius 2 is 1.94 bits per heavy atom. The summed E-state index contributed by atoms with van der Waals surface area (Å²) in [6.07, 6.45) is 2.28. The molecule has 1 saturated heterocycles. The van der Waals surface area contributed by atoms with Gasteiger partial charge in [0, 0.05) is 12.8 Å². The topological polar surface area (TPSA) is 92.5 Å². The summed E-state index contributed by atoms with van der Waals surface area (Å²) in [6, 6.07) is 0. The number of likely N-dealkylation sites (N-methyl/N-ethyl adjacent to an activating group) is 1. The number of carbonyl (C=O) groups excluding carboxylic acids is 3. The van der Waals surface area contributed by atoms with Gasteiger partial charge in [-0.2, -0.15) is 0 Å². The van der Waals surface area contributed by atoms with Crippen LogP contribution in [0.15, 0.2) is 0 Å². The zero-order valence-corrected chi connectivity index (χ0v) is 9.86. The van der Waals surface area contributed by atoms with E-state index in [0.717, 1.165) is 12.8 Å². The molecule has 2 fully saturated rings. The number of nitrogens with one attached hydrogen (secondary N) is 1. The van der Waals surface area contributed by atoms with E-state index < -0.39 is 11.4 Å². The number of primary amides is 1. The predicted molar refractivity (Wildman–Crippen MR) is 59.7 cm³/mol. The van der Waals surface area contributed by atoms with Gasteiger partial charge in [-0.3, -0.25) is 19.3 Å². The molecule has 1 aliphatic heterocycles. The lowest BCUT2D eigenvalue weighted by Crippen LogP contribution is -2.62. The molecule has 0 radical (unpaired) electrons. The van der Waals surface area contributed by atoms with Crippen LogP contribution in [0.1, 0.15) is 25.7 Å². The Bertz CT molecular complexity index is 362. The van der Waals surface area contributed by atoms with E-state index in [-0.39, 0.29) is 37.1 Å². The van der Waals surface area contributed by atoms with Crippen LogP contribution < -0.4 is 11.1 Å². The molecule has 94 valence electrons. The van der Waals surface area contributed by atoms with Gasteiger partial charge in [0.05, 0.1) is 6.54 Å². The Morgan fingerprint density at radius 1 is 1.41 bits per heavy atom. The molecular formula is C11H17N3O3. The van der Waals surface area contributed by atoms with Crippen molar-refractivity contribution in [1.82, 2.24) is 10.2 Å². The number of imide groups is 1. The minimum Gasteiger partial charge on any atom is -0.368 e. The first-order valence-corrected chi connectivity index (χ1v) is 5.83.